The van der Waals surface area contributed by atoms with Crippen LogP contribution in [0.25, 0.3) is 5.65 Å². The van der Waals surface area contributed by atoms with Crippen LogP contribution in [0.2, 0.25) is 0 Å². The number of fused-ring (bicyclic) bond motifs is 2. The number of aromatic amines is 1. The smallest absolute Gasteiger partial charge is 0.277 e. The highest BCUT2D eigenvalue weighted by molar-refractivity contribution is 5.81. The Labute approximate surface area is 182 Å². The maximum Gasteiger partial charge on any atom is 0.277 e. The number of hydrogen-bond acceptors (Lipinski definition) is 4. The summed E-state index contributed by atoms with van der Waals surface area (Å²) in [7, 11) is 0. The zero-order chi connectivity index (χ0) is 21.1. The van der Waals surface area contributed by atoms with Gasteiger partial charge in [0.2, 0.25) is 5.91 Å². The summed E-state index contributed by atoms with van der Waals surface area (Å²) in [6.07, 6.45) is 8.98. The van der Waals surface area contributed by atoms with E-state index in [0.29, 0.717) is 23.8 Å². The molecule has 2 aliphatic heterocycles. The van der Waals surface area contributed by atoms with Gasteiger partial charge in [0.1, 0.15) is 0 Å². The van der Waals surface area contributed by atoms with E-state index in [0.717, 1.165) is 74.5 Å². The van der Waals surface area contributed by atoms with Crippen molar-refractivity contribution in [1.82, 2.24) is 24.4 Å². The highest BCUT2D eigenvalue weighted by Gasteiger charge is 2.42. The summed E-state index contributed by atoms with van der Waals surface area (Å²) >= 11 is 0. The number of amides is 1. The molecule has 1 saturated heterocycles. The van der Waals surface area contributed by atoms with Crippen molar-refractivity contribution in [2.45, 2.75) is 76.8 Å². The summed E-state index contributed by atoms with van der Waals surface area (Å²) in [6.45, 7) is 5.55. The molecular formula is C24H33N5O2. The molecule has 0 aromatic carbocycles. The van der Waals surface area contributed by atoms with Crippen LogP contribution in [0.15, 0.2) is 10.9 Å². The molecule has 166 valence electrons. The molecule has 2 aliphatic carbocycles. The SMILES string of the molecule is C[C@H]1C[C@@H]1C(=O)N1CCC(c2cc3nc4c(c(=O)n3[nH]2)CN(C2CCCC2)CC4)CC1. The third kappa shape index (κ3) is 3.41. The number of rotatable bonds is 3. The van der Waals surface area contributed by atoms with E-state index in [1.165, 1.54) is 25.7 Å². The number of aromatic nitrogens is 3. The lowest BCUT2D eigenvalue weighted by atomic mass is 9.93. The highest BCUT2D eigenvalue weighted by Crippen LogP contribution is 2.40. The Morgan fingerprint density at radius 2 is 1.87 bits per heavy atom. The van der Waals surface area contributed by atoms with Crippen molar-refractivity contribution in [3.63, 3.8) is 0 Å². The largest absolute Gasteiger partial charge is 0.342 e. The van der Waals surface area contributed by atoms with Crippen LogP contribution in [0.4, 0.5) is 0 Å². The first-order valence-electron chi connectivity index (χ1n) is 12.2. The van der Waals surface area contributed by atoms with Crippen LogP contribution in [0.5, 0.6) is 0 Å². The number of piperidine rings is 1. The van der Waals surface area contributed by atoms with Crippen molar-refractivity contribution in [1.29, 1.82) is 0 Å². The molecule has 4 aliphatic rings. The van der Waals surface area contributed by atoms with Crippen LogP contribution in [0.3, 0.4) is 0 Å². The van der Waals surface area contributed by atoms with Gasteiger partial charge in [-0.3, -0.25) is 19.6 Å². The fourth-order valence-corrected chi connectivity index (χ4v) is 6.12. The summed E-state index contributed by atoms with van der Waals surface area (Å²) in [4.78, 5) is 35.3. The van der Waals surface area contributed by atoms with Crippen molar-refractivity contribution in [2.24, 2.45) is 11.8 Å². The summed E-state index contributed by atoms with van der Waals surface area (Å²) in [5, 5.41) is 3.37. The van der Waals surface area contributed by atoms with E-state index >= 15 is 0 Å². The molecule has 4 heterocycles. The Morgan fingerprint density at radius 3 is 2.58 bits per heavy atom. The van der Waals surface area contributed by atoms with Gasteiger partial charge < -0.3 is 4.90 Å². The molecule has 6 rings (SSSR count). The molecule has 0 unspecified atom stereocenters. The van der Waals surface area contributed by atoms with E-state index in [-0.39, 0.29) is 11.5 Å². The lowest BCUT2D eigenvalue weighted by molar-refractivity contribution is -0.133. The molecular weight excluding hydrogens is 390 g/mol. The van der Waals surface area contributed by atoms with Crippen molar-refractivity contribution in [3.05, 3.63) is 33.4 Å². The van der Waals surface area contributed by atoms with Gasteiger partial charge >= 0.3 is 0 Å². The Hall–Kier alpha value is -2.15. The second kappa shape index (κ2) is 7.47. The Morgan fingerprint density at radius 1 is 1.13 bits per heavy atom. The normalized spacial score (nSPS) is 27.7. The third-order valence-corrected chi connectivity index (χ3v) is 8.32. The van der Waals surface area contributed by atoms with E-state index in [1.807, 2.05) is 4.90 Å². The van der Waals surface area contributed by atoms with Gasteiger partial charge in [-0.2, -0.15) is 0 Å². The summed E-state index contributed by atoms with van der Waals surface area (Å²) in [5.41, 5.74) is 3.78. The first-order valence-corrected chi connectivity index (χ1v) is 12.2. The Balaban J connectivity index is 1.20. The zero-order valence-electron chi connectivity index (χ0n) is 18.5. The van der Waals surface area contributed by atoms with Crippen LogP contribution in [-0.4, -0.2) is 56.0 Å². The molecule has 2 saturated carbocycles. The van der Waals surface area contributed by atoms with Gasteiger partial charge in [-0.1, -0.05) is 19.8 Å². The van der Waals surface area contributed by atoms with E-state index < -0.39 is 0 Å². The molecule has 0 bridgehead atoms. The van der Waals surface area contributed by atoms with Crippen molar-refractivity contribution < 1.29 is 4.79 Å². The number of nitrogens with one attached hydrogen (secondary N) is 1. The number of likely N-dealkylation sites (tertiary alicyclic amines) is 1. The number of hydrogen-bond donors (Lipinski definition) is 1. The van der Waals surface area contributed by atoms with Crippen molar-refractivity contribution in [2.75, 3.05) is 19.6 Å². The topological polar surface area (TPSA) is 73.7 Å². The molecule has 7 heteroatoms. The van der Waals surface area contributed by atoms with E-state index in [9.17, 15) is 9.59 Å². The predicted octanol–water partition coefficient (Wildman–Crippen LogP) is 2.69. The minimum Gasteiger partial charge on any atom is -0.342 e. The van der Waals surface area contributed by atoms with E-state index in [4.69, 9.17) is 4.98 Å². The number of carbonyl (C=O) groups is 1. The molecule has 0 spiro atoms. The highest BCUT2D eigenvalue weighted by atomic mass is 16.2. The van der Waals surface area contributed by atoms with Crippen LogP contribution in [0.1, 0.15) is 74.7 Å². The average Bonchev–Trinajstić information content (AvgIpc) is 3.18. The molecule has 2 atom stereocenters. The quantitative estimate of drug-likeness (QED) is 0.824. The second-order valence-corrected chi connectivity index (χ2v) is 10.3. The monoisotopic (exact) mass is 423 g/mol. The predicted molar refractivity (Wildman–Crippen MR) is 118 cm³/mol. The van der Waals surface area contributed by atoms with Crippen molar-refractivity contribution in [3.8, 4) is 0 Å². The molecule has 1 N–H and O–H groups in total. The molecule has 2 aromatic heterocycles. The van der Waals surface area contributed by atoms with E-state index in [1.54, 1.807) is 4.52 Å². The number of nitrogens with zero attached hydrogens (tertiary/aromatic N) is 4. The fourth-order valence-electron chi connectivity index (χ4n) is 6.12. The van der Waals surface area contributed by atoms with Crippen LogP contribution in [-0.2, 0) is 17.8 Å². The molecule has 1 amide bonds. The second-order valence-electron chi connectivity index (χ2n) is 10.3. The molecule has 7 nitrogen and oxygen atoms in total. The van der Waals surface area contributed by atoms with Gasteiger partial charge in [-0.15, -0.1) is 0 Å². The first kappa shape index (κ1) is 19.5. The third-order valence-electron chi connectivity index (χ3n) is 8.32. The van der Waals surface area contributed by atoms with Crippen LogP contribution < -0.4 is 5.56 Å². The molecule has 3 fully saturated rings. The fraction of sp³-hybridized carbons (Fsp3) is 0.708. The summed E-state index contributed by atoms with van der Waals surface area (Å²) < 4.78 is 1.66. The van der Waals surface area contributed by atoms with E-state index in [2.05, 4.69) is 23.0 Å². The Bertz CT molecular complexity index is 1060. The standard InChI is InChI=1S/C24H33N5O2/c1-15-12-18(15)23(30)27-9-6-16(7-10-27)21-13-22-25-20-8-11-28(17-4-2-3-5-17)14-19(20)24(31)29(22)26-21/h13,15-18,26H,2-12,14H2,1H3/t15-,18-/m0/s1. The molecule has 31 heavy (non-hydrogen) atoms. The lowest BCUT2D eigenvalue weighted by Gasteiger charge is -2.32. The van der Waals surface area contributed by atoms with Gasteiger partial charge in [-0.05, 0) is 38.0 Å². The van der Waals surface area contributed by atoms with Crippen LogP contribution in [0, 0.1) is 11.8 Å². The van der Waals surface area contributed by atoms with Gasteiger partial charge in [-0.25, -0.2) is 9.50 Å². The van der Waals surface area contributed by atoms with Crippen molar-refractivity contribution >= 4 is 11.6 Å². The minimum absolute atomic E-state index is 0.0734. The lowest BCUT2D eigenvalue weighted by Crippen LogP contribution is -2.41. The summed E-state index contributed by atoms with van der Waals surface area (Å²) in [5.74, 6) is 1.53. The Kier molecular flexibility index (Phi) is 4.70. The maximum absolute atomic E-state index is 13.3. The number of H-pyrrole nitrogens is 1. The van der Waals surface area contributed by atoms with Crippen LogP contribution >= 0.6 is 0 Å². The average molecular weight is 424 g/mol. The first-order chi connectivity index (χ1) is 15.1. The van der Waals surface area contributed by atoms with Gasteiger partial charge in [0.05, 0.1) is 11.3 Å². The number of carbonyl (C=O) groups excluding carboxylic acids is 1. The maximum atomic E-state index is 13.3. The minimum atomic E-state index is 0.0734. The van der Waals surface area contributed by atoms with Gasteiger partial charge in [0, 0.05) is 62.2 Å². The molecule has 2 aromatic rings. The zero-order valence-corrected chi connectivity index (χ0v) is 18.5. The molecule has 0 radical (unpaired) electrons. The van der Waals surface area contributed by atoms with Gasteiger partial charge in [0.25, 0.3) is 5.56 Å². The van der Waals surface area contributed by atoms with Gasteiger partial charge in [0.15, 0.2) is 5.65 Å². The summed E-state index contributed by atoms with van der Waals surface area (Å²) in [6, 6.07) is 2.70.